The predicted molar refractivity (Wildman–Crippen MR) is 106 cm³/mol. The van der Waals surface area contributed by atoms with Crippen LogP contribution in [0.3, 0.4) is 0 Å². The Kier molecular flexibility index (Phi) is 7.13. The van der Waals surface area contributed by atoms with E-state index < -0.39 is 24.2 Å². The molecule has 1 heterocycles. The molecule has 0 saturated carbocycles. The molecule has 0 aliphatic carbocycles. The van der Waals surface area contributed by atoms with Crippen molar-refractivity contribution in [3.05, 3.63) is 59.4 Å². The van der Waals surface area contributed by atoms with Gasteiger partial charge in [-0.3, -0.25) is 9.59 Å². The summed E-state index contributed by atoms with van der Waals surface area (Å²) in [6.07, 6.45) is 2.09. The van der Waals surface area contributed by atoms with Gasteiger partial charge in [-0.2, -0.15) is 0 Å². The van der Waals surface area contributed by atoms with E-state index in [2.05, 4.69) is 5.32 Å². The molecule has 158 valence electrons. The van der Waals surface area contributed by atoms with Crippen LogP contribution >= 0.6 is 0 Å². The second kappa shape index (κ2) is 9.98. The molecule has 1 atom stereocenters. The molecule has 2 aromatic carbocycles. The Bertz CT molecular complexity index is 922. The first-order valence-electron chi connectivity index (χ1n) is 9.54. The fourth-order valence-electron chi connectivity index (χ4n) is 2.97. The third-order valence-electron chi connectivity index (χ3n) is 4.47. The van der Waals surface area contributed by atoms with E-state index in [1.165, 1.54) is 31.2 Å². The highest BCUT2D eigenvalue weighted by Gasteiger charge is 2.17. The Hall–Kier alpha value is -3.26. The molecule has 1 aliphatic heterocycles. The highest BCUT2D eigenvalue weighted by Crippen LogP contribution is 2.18. The lowest BCUT2D eigenvalue weighted by Gasteiger charge is -2.11. The SMILES string of the molecule is CC(=O)Nc1ccc(C(=O)COC(=O)c2ccc(OC[C@@H]3CCCO3)cc2)c(F)c1. The highest BCUT2D eigenvalue weighted by atomic mass is 19.1. The van der Waals surface area contributed by atoms with E-state index in [-0.39, 0.29) is 28.8 Å². The zero-order valence-corrected chi connectivity index (χ0v) is 16.5. The van der Waals surface area contributed by atoms with Gasteiger partial charge in [0.2, 0.25) is 11.7 Å². The van der Waals surface area contributed by atoms with Gasteiger partial charge in [-0.15, -0.1) is 0 Å². The summed E-state index contributed by atoms with van der Waals surface area (Å²) in [5.41, 5.74) is 0.249. The number of amides is 1. The quantitative estimate of drug-likeness (QED) is 0.525. The molecule has 0 unspecified atom stereocenters. The lowest BCUT2D eigenvalue weighted by Crippen LogP contribution is -2.17. The molecule has 1 amide bonds. The van der Waals surface area contributed by atoms with Crippen molar-refractivity contribution >= 4 is 23.3 Å². The van der Waals surface area contributed by atoms with Crippen molar-refractivity contribution in [2.45, 2.75) is 25.9 Å². The average molecular weight is 415 g/mol. The lowest BCUT2D eigenvalue weighted by atomic mass is 10.1. The number of ether oxygens (including phenoxy) is 3. The van der Waals surface area contributed by atoms with Gasteiger partial charge >= 0.3 is 5.97 Å². The smallest absolute Gasteiger partial charge is 0.338 e. The first kappa shape index (κ1) is 21.4. The third kappa shape index (κ3) is 5.87. The van der Waals surface area contributed by atoms with Crippen molar-refractivity contribution < 1.29 is 33.0 Å². The largest absolute Gasteiger partial charge is 0.491 e. The Labute approximate surface area is 173 Å². The minimum atomic E-state index is -0.810. The number of rotatable bonds is 8. The maximum Gasteiger partial charge on any atom is 0.338 e. The predicted octanol–water partition coefficient (Wildman–Crippen LogP) is 3.38. The standard InChI is InChI=1S/C22H22FNO6/c1-14(25)24-16-6-9-19(20(23)11-16)21(26)13-30-22(27)15-4-7-17(8-5-15)29-12-18-3-2-10-28-18/h4-9,11,18H,2-3,10,12-13H2,1H3,(H,24,25)/t18-/m0/s1. The van der Waals surface area contributed by atoms with E-state index in [0.29, 0.717) is 12.4 Å². The molecule has 0 aromatic heterocycles. The van der Waals surface area contributed by atoms with Crippen molar-refractivity contribution in [2.75, 3.05) is 25.1 Å². The molecule has 1 fully saturated rings. The van der Waals surface area contributed by atoms with Crippen LogP contribution in [0.25, 0.3) is 0 Å². The van der Waals surface area contributed by atoms with Crippen LogP contribution in [0.1, 0.15) is 40.5 Å². The fourth-order valence-corrected chi connectivity index (χ4v) is 2.97. The molecule has 0 spiro atoms. The number of nitrogens with one attached hydrogen (secondary N) is 1. The van der Waals surface area contributed by atoms with E-state index in [1.807, 2.05) is 0 Å². The minimum Gasteiger partial charge on any atom is -0.491 e. The normalized spacial score (nSPS) is 15.5. The molecule has 2 aromatic rings. The number of carbonyl (C=O) groups is 3. The van der Waals surface area contributed by atoms with Gasteiger partial charge in [-0.1, -0.05) is 0 Å². The summed E-state index contributed by atoms with van der Waals surface area (Å²) >= 11 is 0. The minimum absolute atomic E-state index is 0.0911. The molecule has 0 bridgehead atoms. The zero-order valence-electron chi connectivity index (χ0n) is 16.5. The van der Waals surface area contributed by atoms with Gasteiger partial charge in [0.1, 0.15) is 18.2 Å². The van der Waals surface area contributed by atoms with Crippen LogP contribution in [0.4, 0.5) is 10.1 Å². The molecule has 30 heavy (non-hydrogen) atoms. The van der Waals surface area contributed by atoms with Crippen molar-refractivity contribution in [3.8, 4) is 5.75 Å². The summed E-state index contributed by atoms with van der Waals surface area (Å²) in [6, 6.07) is 9.99. The monoisotopic (exact) mass is 415 g/mol. The molecular formula is C22H22FNO6. The maximum absolute atomic E-state index is 14.1. The number of benzene rings is 2. The van der Waals surface area contributed by atoms with E-state index in [9.17, 15) is 18.8 Å². The van der Waals surface area contributed by atoms with E-state index in [1.54, 1.807) is 12.1 Å². The third-order valence-corrected chi connectivity index (χ3v) is 4.47. The molecule has 1 aliphatic rings. The summed E-state index contributed by atoms with van der Waals surface area (Å²) in [6.45, 7) is 1.89. The van der Waals surface area contributed by atoms with Crippen LogP contribution in [-0.2, 0) is 14.3 Å². The van der Waals surface area contributed by atoms with Crippen LogP contribution in [0.15, 0.2) is 42.5 Å². The average Bonchev–Trinajstić information content (AvgIpc) is 3.24. The van der Waals surface area contributed by atoms with Crippen molar-refractivity contribution in [1.82, 2.24) is 0 Å². The Morgan fingerprint density at radius 1 is 1.17 bits per heavy atom. The molecule has 7 nitrogen and oxygen atoms in total. The number of hydrogen-bond acceptors (Lipinski definition) is 6. The summed E-state index contributed by atoms with van der Waals surface area (Å²) in [4.78, 5) is 35.3. The summed E-state index contributed by atoms with van der Waals surface area (Å²) in [7, 11) is 0. The number of ketones is 1. The maximum atomic E-state index is 14.1. The van der Waals surface area contributed by atoms with Gasteiger partial charge in [0.25, 0.3) is 0 Å². The number of carbonyl (C=O) groups excluding carboxylic acids is 3. The molecule has 8 heteroatoms. The molecule has 0 radical (unpaired) electrons. The number of anilines is 1. The van der Waals surface area contributed by atoms with Crippen LogP contribution in [0, 0.1) is 5.82 Å². The van der Waals surface area contributed by atoms with Crippen LogP contribution in [-0.4, -0.2) is 43.6 Å². The first-order chi connectivity index (χ1) is 14.4. The van der Waals surface area contributed by atoms with Crippen LogP contribution in [0.5, 0.6) is 5.75 Å². The highest BCUT2D eigenvalue weighted by molar-refractivity contribution is 6.00. The lowest BCUT2D eigenvalue weighted by molar-refractivity contribution is -0.114. The van der Waals surface area contributed by atoms with Gasteiger partial charge in [0, 0.05) is 19.2 Å². The van der Waals surface area contributed by atoms with Crippen LogP contribution in [0.2, 0.25) is 0 Å². The second-order valence-electron chi connectivity index (χ2n) is 6.85. The van der Waals surface area contributed by atoms with Crippen molar-refractivity contribution in [1.29, 1.82) is 0 Å². The molecular weight excluding hydrogens is 393 g/mol. The number of halogens is 1. The topological polar surface area (TPSA) is 90.9 Å². The molecule has 1 saturated heterocycles. The Morgan fingerprint density at radius 3 is 2.57 bits per heavy atom. The number of Topliss-reactive ketones (excluding diaryl/α,β-unsaturated/α-hetero) is 1. The first-order valence-corrected chi connectivity index (χ1v) is 9.54. The van der Waals surface area contributed by atoms with Gasteiger partial charge in [0.15, 0.2) is 6.61 Å². The van der Waals surface area contributed by atoms with Crippen molar-refractivity contribution in [3.63, 3.8) is 0 Å². The van der Waals surface area contributed by atoms with Gasteiger partial charge in [0.05, 0.1) is 17.2 Å². The van der Waals surface area contributed by atoms with E-state index in [0.717, 1.165) is 25.5 Å². The molecule has 1 N–H and O–H groups in total. The zero-order chi connectivity index (χ0) is 21.5. The van der Waals surface area contributed by atoms with E-state index in [4.69, 9.17) is 14.2 Å². The van der Waals surface area contributed by atoms with Gasteiger partial charge in [-0.05, 0) is 55.3 Å². The fraction of sp³-hybridized carbons (Fsp3) is 0.318. The van der Waals surface area contributed by atoms with Gasteiger partial charge in [-0.25, -0.2) is 9.18 Å². The second-order valence-corrected chi connectivity index (χ2v) is 6.85. The van der Waals surface area contributed by atoms with E-state index >= 15 is 0 Å². The summed E-state index contributed by atoms with van der Waals surface area (Å²) < 4.78 is 30.2. The van der Waals surface area contributed by atoms with Crippen LogP contribution < -0.4 is 10.1 Å². The summed E-state index contributed by atoms with van der Waals surface area (Å²) in [5.74, 6) is -1.96. The van der Waals surface area contributed by atoms with Gasteiger partial charge < -0.3 is 19.5 Å². The molecule has 3 rings (SSSR count). The summed E-state index contributed by atoms with van der Waals surface area (Å²) in [5, 5.41) is 2.42. The van der Waals surface area contributed by atoms with Crippen molar-refractivity contribution in [2.24, 2.45) is 0 Å². The Morgan fingerprint density at radius 2 is 1.93 bits per heavy atom. The Balaban J connectivity index is 1.50. The number of esters is 1. The number of hydrogen-bond donors (Lipinski definition) is 1.